The minimum absolute atomic E-state index is 0.0271. The number of hydrogen-bond acceptors (Lipinski definition) is 3. The van der Waals surface area contributed by atoms with Gasteiger partial charge in [-0.2, -0.15) is 0 Å². The lowest BCUT2D eigenvalue weighted by molar-refractivity contribution is -0.115. The molecule has 1 aliphatic heterocycles. The van der Waals surface area contributed by atoms with Gasteiger partial charge in [-0.1, -0.05) is 61.0 Å². The molecule has 190 valence electrons. The summed E-state index contributed by atoms with van der Waals surface area (Å²) in [5.74, 6) is -1.26. The van der Waals surface area contributed by atoms with Crippen LogP contribution in [0.25, 0.3) is 17.0 Å². The summed E-state index contributed by atoms with van der Waals surface area (Å²) in [7, 11) is -1.31. The Kier molecular flexibility index (Phi) is 7.95. The molecule has 1 saturated heterocycles. The van der Waals surface area contributed by atoms with Gasteiger partial charge in [-0.25, -0.2) is 4.79 Å². The summed E-state index contributed by atoms with van der Waals surface area (Å²) >= 11 is 12.9. The lowest BCUT2D eigenvalue weighted by Gasteiger charge is -2.28. The molecule has 4 rings (SSSR count). The smallest absolute Gasteiger partial charge is 0.353 e. The summed E-state index contributed by atoms with van der Waals surface area (Å²) in [6.07, 6.45) is 3.00. The molecule has 6 nitrogen and oxygen atoms in total. The van der Waals surface area contributed by atoms with Crippen LogP contribution < -0.4 is 4.90 Å². The quantitative estimate of drug-likeness (QED) is 0.185. The topological polar surface area (TPSA) is 71.8 Å². The summed E-state index contributed by atoms with van der Waals surface area (Å²) < 4.78 is 7.52. The van der Waals surface area contributed by atoms with Crippen LogP contribution >= 0.6 is 23.2 Å². The van der Waals surface area contributed by atoms with Gasteiger partial charge < -0.3 is 19.3 Å². The second-order valence-electron chi connectivity index (χ2n) is 10.2. The number of carbonyl (C=O) groups is 2. The maximum Gasteiger partial charge on any atom is 0.353 e. The number of fused-ring (bicyclic) bond motifs is 1. The van der Waals surface area contributed by atoms with Gasteiger partial charge in [-0.15, -0.1) is 0 Å². The average molecular weight is 546 g/mol. The molecule has 0 saturated carbocycles. The standard InChI is InChI=1S/C27H30Cl2N2O4Si/c1-36(2,3)13-12-35-17-31-23-16-19(28)15-22(29)24(23)21(25(31)27(33)34)14-18-8-7-11-30(26(18)32)20-9-5-4-6-10-20/h4-6,9-10,14-16H,7-8,11-13,17H2,1-3H3,(H,33,34)/b18-14-. The van der Waals surface area contributed by atoms with Gasteiger partial charge in [0.2, 0.25) is 0 Å². The summed E-state index contributed by atoms with van der Waals surface area (Å²) in [4.78, 5) is 27.7. The van der Waals surface area contributed by atoms with Crippen molar-refractivity contribution in [3.8, 4) is 0 Å². The van der Waals surface area contributed by atoms with E-state index in [2.05, 4.69) is 19.6 Å². The third-order valence-electron chi connectivity index (χ3n) is 6.27. The van der Waals surface area contributed by atoms with Crippen molar-refractivity contribution in [3.63, 3.8) is 0 Å². The number of aromatic carboxylic acids is 1. The first-order valence-electron chi connectivity index (χ1n) is 12.0. The molecule has 0 aliphatic carbocycles. The molecule has 1 N–H and O–H groups in total. The van der Waals surface area contributed by atoms with E-state index >= 15 is 0 Å². The van der Waals surface area contributed by atoms with Crippen molar-refractivity contribution < 1.29 is 19.4 Å². The van der Waals surface area contributed by atoms with E-state index in [1.54, 1.807) is 27.7 Å². The first-order valence-corrected chi connectivity index (χ1v) is 16.4. The van der Waals surface area contributed by atoms with Crippen LogP contribution in [-0.2, 0) is 16.3 Å². The minimum Gasteiger partial charge on any atom is -0.477 e. The predicted molar refractivity (Wildman–Crippen MR) is 149 cm³/mol. The molecule has 9 heteroatoms. The fourth-order valence-corrected chi connectivity index (χ4v) is 5.78. The number of piperidine rings is 1. The number of hydrogen-bond donors (Lipinski definition) is 1. The highest BCUT2D eigenvalue weighted by Crippen LogP contribution is 2.37. The van der Waals surface area contributed by atoms with Crippen LogP contribution in [0, 0.1) is 0 Å². The first kappa shape index (κ1) is 26.5. The van der Waals surface area contributed by atoms with Crippen molar-refractivity contribution in [2.45, 2.75) is 45.3 Å². The van der Waals surface area contributed by atoms with Crippen LogP contribution in [0.1, 0.15) is 28.9 Å². The summed E-state index contributed by atoms with van der Waals surface area (Å²) in [6, 6.07) is 13.7. The largest absolute Gasteiger partial charge is 0.477 e. The minimum atomic E-state index is -1.31. The highest BCUT2D eigenvalue weighted by atomic mass is 35.5. The van der Waals surface area contributed by atoms with Crippen molar-refractivity contribution in [1.29, 1.82) is 0 Å². The molecule has 0 bridgehead atoms. The van der Waals surface area contributed by atoms with E-state index in [4.69, 9.17) is 27.9 Å². The van der Waals surface area contributed by atoms with Crippen LogP contribution in [0.15, 0.2) is 48.0 Å². The molecule has 0 radical (unpaired) electrons. The number of benzene rings is 2. The van der Waals surface area contributed by atoms with Crippen molar-refractivity contribution >= 4 is 65.8 Å². The van der Waals surface area contributed by atoms with E-state index < -0.39 is 14.0 Å². The molecule has 0 spiro atoms. The molecular weight excluding hydrogens is 515 g/mol. The third-order valence-corrected chi connectivity index (χ3v) is 8.49. The van der Waals surface area contributed by atoms with Crippen molar-refractivity contribution in [2.75, 3.05) is 18.1 Å². The number of amides is 1. The van der Waals surface area contributed by atoms with Gasteiger partial charge in [-0.3, -0.25) is 4.79 Å². The second-order valence-corrected chi connectivity index (χ2v) is 16.7. The molecule has 36 heavy (non-hydrogen) atoms. The molecule has 0 atom stereocenters. The zero-order valence-electron chi connectivity index (χ0n) is 20.7. The number of ether oxygens (including phenoxy) is 1. The van der Waals surface area contributed by atoms with Crippen LogP contribution in [0.3, 0.4) is 0 Å². The number of nitrogens with zero attached hydrogens (tertiary/aromatic N) is 2. The molecule has 1 aliphatic rings. The van der Waals surface area contributed by atoms with Crippen molar-refractivity contribution in [2.24, 2.45) is 0 Å². The van der Waals surface area contributed by atoms with E-state index in [0.717, 1.165) is 18.2 Å². The van der Waals surface area contributed by atoms with Crippen LogP contribution in [0.4, 0.5) is 5.69 Å². The number of carboxylic acid groups (broad SMARTS) is 1. The van der Waals surface area contributed by atoms with E-state index in [1.165, 1.54) is 0 Å². The Morgan fingerprint density at radius 2 is 1.89 bits per heavy atom. The van der Waals surface area contributed by atoms with E-state index in [9.17, 15) is 14.7 Å². The zero-order valence-corrected chi connectivity index (χ0v) is 23.2. The summed E-state index contributed by atoms with van der Waals surface area (Å²) in [5, 5.41) is 11.5. The molecule has 1 aromatic heterocycles. The van der Waals surface area contributed by atoms with Gasteiger partial charge in [0.05, 0.1) is 10.5 Å². The monoisotopic (exact) mass is 544 g/mol. The van der Waals surface area contributed by atoms with E-state index in [-0.39, 0.29) is 18.3 Å². The van der Waals surface area contributed by atoms with Crippen LogP contribution in [0.2, 0.25) is 35.7 Å². The number of anilines is 1. The molecule has 2 heterocycles. The van der Waals surface area contributed by atoms with E-state index in [1.807, 2.05) is 30.3 Å². The van der Waals surface area contributed by atoms with Crippen LogP contribution in [0.5, 0.6) is 0 Å². The molecule has 1 fully saturated rings. The number of rotatable bonds is 8. The average Bonchev–Trinajstić information content (AvgIpc) is 3.11. The normalized spacial score (nSPS) is 15.8. The van der Waals surface area contributed by atoms with Gasteiger partial charge in [0, 0.05) is 48.5 Å². The highest BCUT2D eigenvalue weighted by Gasteiger charge is 2.28. The zero-order chi connectivity index (χ0) is 26.0. The third kappa shape index (κ3) is 5.70. The number of carboxylic acids is 1. The summed E-state index contributed by atoms with van der Waals surface area (Å²) in [6.45, 7) is 7.96. The molecule has 0 unspecified atom stereocenters. The predicted octanol–water partition coefficient (Wildman–Crippen LogP) is 7.17. The Bertz CT molecular complexity index is 1330. The van der Waals surface area contributed by atoms with Crippen molar-refractivity contribution in [1.82, 2.24) is 4.57 Å². The lowest BCUT2D eigenvalue weighted by Crippen LogP contribution is -2.36. The number of carbonyl (C=O) groups excluding carboxylic acids is 1. The maximum atomic E-state index is 13.4. The first-order chi connectivity index (χ1) is 17.1. The van der Waals surface area contributed by atoms with Crippen LogP contribution in [-0.4, -0.2) is 42.8 Å². The number of halogens is 2. The Hall–Kier alpha value is -2.58. The second kappa shape index (κ2) is 10.8. The molecule has 3 aromatic rings. The summed E-state index contributed by atoms with van der Waals surface area (Å²) in [5.41, 5.74) is 2.34. The van der Waals surface area contributed by atoms with Gasteiger partial charge in [0.15, 0.2) is 0 Å². The number of para-hydroxylation sites is 1. The number of aromatic nitrogens is 1. The highest BCUT2D eigenvalue weighted by molar-refractivity contribution is 6.76. The Labute approximate surface area is 222 Å². The van der Waals surface area contributed by atoms with Gasteiger partial charge >= 0.3 is 5.97 Å². The Morgan fingerprint density at radius 3 is 2.56 bits per heavy atom. The van der Waals surface area contributed by atoms with Gasteiger partial charge in [0.25, 0.3) is 5.91 Å². The van der Waals surface area contributed by atoms with Crippen molar-refractivity contribution in [3.05, 3.63) is 69.3 Å². The fraction of sp³-hybridized carbons (Fsp3) is 0.333. The SMILES string of the molecule is C[Si](C)(C)CCOCn1c(C(=O)O)c(/C=C2/CCCN(c3ccccc3)C2=O)c2c(Cl)cc(Cl)cc21. The lowest BCUT2D eigenvalue weighted by atomic mass is 9.98. The Balaban J connectivity index is 1.80. The molecular formula is C27H30Cl2N2O4Si. The molecule has 1 amide bonds. The fourth-order valence-electron chi connectivity index (χ4n) is 4.44. The van der Waals surface area contributed by atoms with E-state index in [0.29, 0.717) is 51.7 Å². The maximum absolute atomic E-state index is 13.4. The van der Waals surface area contributed by atoms with Gasteiger partial charge in [-0.05, 0) is 49.2 Å². The van der Waals surface area contributed by atoms with Gasteiger partial charge in [0.1, 0.15) is 12.4 Å². The Morgan fingerprint density at radius 1 is 1.17 bits per heavy atom. The molecule has 2 aromatic carbocycles.